The molecule has 0 fully saturated rings. The van der Waals surface area contributed by atoms with E-state index in [1.165, 1.54) is 0 Å². The summed E-state index contributed by atoms with van der Waals surface area (Å²) in [5.41, 5.74) is 0.941. The number of aromatic amines is 1. The predicted octanol–water partition coefficient (Wildman–Crippen LogP) is 0.872. The fraction of sp³-hybridized carbons (Fsp3) is 0. The fourth-order valence-corrected chi connectivity index (χ4v) is 1.32. The first kappa shape index (κ1) is 10.2. The molecule has 0 atom stereocenters. The second-order valence-electron chi connectivity index (χ2n) is 3.29. The highest BCUT2D eigenvalue weighted by molar-refractivity contribution is 5.56. The van der Waals surface area contributed by atoms with E-state index in [4.69, 9.17) is 4.42 Å². The zero-order valence-corrected chi connectivity index (χ0v) is 8.64. The summed E-state index contributed by atoms with van der Waals surface area (Å²) in [4.78, 5) is 13.9. The summed E-state index contributed by atoms with van der Waals surface area (Å²) < 4.78 is 4.73. The molecule has 80 valence electrons. The van der Waals surface area contributed by atoms with Crippen LogP contribution in [0.5, 0.6) is 0 Å². The van der Waals surface area contributed by atoms with Crippen LogP contribution in [0.2, 0.25) is 0 Å². The van der Waals surface area contributed by atoms with Crippen LogP contribution >= 0.6 is 0 Å². The molecule has 0 radical (unpaired) electrons. The van der Waals surface area contributed by atoms with E-state index in [-0.39, 0.29) is 5.55 Å². The number of aromatic nitrogens is 1. The summed E-state index contributed by atoms with van der Waals surface area (Å²) in [5.74, 6) is 0. The Morgan fingerprint density at radius 3 is 2.62 bits per heavy atom. The predicted molar refractivity (Wildman–Crippen MR) is 64.0 cm³/mol. The number of benzene rings is 1. The van der Waals surface area contributed by atoms with Crippen LogP contribution in [0.1, 0.15) is 5.56 Å². The van der Waals surface area contributed by atoms with Crippen LogP contribution in [-0.2, 0) is 0 Å². The van der Waals surface area contributed by atoms with Gasteiger partial charge in [-0.25, -0.2) is 4.79 Å². The van der Waals surface area contributed by atoms with E-state index in [0.717, 1.165) is 5.56 Å². The minimum absolute atomic E-state index is 0.268. The quantitative estimate of drug-likeness (QED) is 0.804. The second-order valence-corrected chi connectivity index (χ2v) is 3.29. The van der Waals surface area contributed by atoms with Crippen molar-refractivity contribution in [2.45, 2.75) is 0 Å². The molecule has 1 N–H and O–H groups in total. The van der Waals surface area contributed by atoms with Crippen molar-refractivity contribution in [2.75, 3.05) is 0 Å². The average molecular weight is 213 g/mol. The topological polar surface area (TPSA) is 46.0 Å². The second kappa shape index (κ2) is 4.49. The van der Waals surface area contributed by atoms with E-state index < -0.39 is 5.63 Å². The van der Waals surface area contributed by atoms with Gasteiger partial charge in [-0.05, 0) is 18.2 Å². The van der Waals surface area contributed by atoms with Crippen LogP contribution in [0.4, 0.5) is 0 Å². The normalized spacial score (nSPS) is 12.4. The van der Waals surface area contributed by atoms with E-state index in [1.807, 2.05) is 36.4 Å². The van der Waals surface area contributed by atoms with Crippen molar-refractivity contribution in [1.82, 2.24) is 4.98 Å². The van der Waals surface area contributed by atoms with Crippen LogP contribution in [0, 0.1) is 0 Å². The molecule has 0 aliphatic heterocycles. The van der Waals surface area contributed by atoms with E-state index in [0.29, 0.717) is 5.35 Å². The number of nitrogens with one attached hydrogen (secondary N) is 1. The third kappa shape index (κ3) is 2.39. The van der Waals surface area contributed by atoms with Crippen molar-refractivity contribution in [2.24, 2.45) is 0 Å². The lowest BCUT2D eigenvalue weighted by molar-refractivity contribution is 0.488. The highest BCUT2D eigenvalue weighted by atomic mass is 16.4. The molecule has 0 saturated heterocycles. The number of hydrogen-bond acceptors (Lipinski definition) is 2. The molecule has 0 aliphatic carbocycles. The van der Waals surface area contributed by atoms with E-state index in [9.17, 15) is 4.79 Å². The summed E-state index contributed by atoms with van der Waals surface area (Å²) in [6.45, 7) is 3.50. The van der Waals surface area contributed by atoms with Crippen molar-refractivity contribution in [3.63, 3.8) is 0 Å². The Morgan fingerprint density at radius 2 is 2.00 bits per heavy atom. The molecule has 16 heavy (non-hydrogen) atoms. The van der Waals surface area contributed by atoms with Gasteiger partial charge in [0.1, 0.15) is 5.35 Å². The van der Waals surface area contributed by atoms with E-state index >= 15 is 0 Å². The van der Waals surface area contributed by atoms with Gasteiger partial charge >= 0.3 is 5.63 Å². The molecule has 0 saturated carbocycles. The van der Waals surface area contributed by atoms with Gasteiger partial charge < -0.3 is 9.40 Å². The monoisotopic (exact) mass is 213 g/mol. The lowest BCUT2D eigenvalue weighted by Crippen LogP contribution is -2.20. The van der Waals surface area contributed by atoms with Crippen LogP contribution in [0.25, 0.3) is 18.7 Å². The zero-order valence-electron chi connectivity index (χ0n) is 8.64. The van der Waals surface area contributed by atoms with E-state index in [2.05, 4.69) is 11.6 Å². The third-order valence-electron chi connectivity index (χ3n) is 2.06. The van der Waals surface area contributed by atoms with Gasteiger partial charge in [-0.15, -0.1) is 0 Å². The van der Waals surface area contributed by atoms with Crippen molar-refractivity contribution < 1.29 is 4.42 Å². The van der Waals surface area contributed by atoms with Crippen LogP contribution in [0.15, 0.2) is 45.6 Å². The first-order chi connectivity index (χ1) is 7.75. The Hall–Kier alpha value is -2.29. The maximum Gasteiger partial charge on any atom is 0.361 e. The Balaban J connectivity index is 2.28. The number of rotatable bonds is 2. The van der Waals surface area contributed by atoms with Gasteiger partial charge in [0.2, 0.25) is 0 Å². The number of hydrogen-bond donors (Lipinski definition) is 1. The van der Waals surface area contributed by atoms with Crippen LogP contribution in [0.3, 0.4) is 0 Å². The maximum absolute atomic E-state index is 11.2. The molecule has 0 amide bonds. The molecule has 0 bridgehead atoms. The maximum atomic E-state index is 11.2. The average Bonchev–Trinajstić information content (AvgIpc) is 2.59. The lowest BCUT2D eigenvalue weighted by atomic mass is 10.2. The lowest BCUT2D eigenvalue weighted by Gasteiger charge is -1.87. The molecule has 1 aromatic carbocycles. The SMILES string of the molecule is C=c1[nH]c(=CC=Cc2ccccc2)c(=O)o1. The number of oxazole rings is 1. The van der Waals surface area contributed by atoms with Gasteiger partial charge in [-0.2, -0.15) is 0 Å². The summed E-state index contributed by atoms with van der Waals surface area (Å²) in [5, 5.41) is 0.400. The summed E-state index contributed by atoms with van der Waals surface area (Å²) in [6.07, 6.45) is 5.36. The molecule has 0 spiro atoms. The third-order valence-corrected chi connectivity index (χ3v) is 2.06. The highest BCUT2D eigenvalue weighted by Gasteiger charge is 1.90. The Morgan fingerprint density at radius 1 is 1.25 bits per heavy atom. The fourth-order valence-electron chi connectivity index (χ4n) is 1.32. The molecule has 2 aromatic rings. The Kier molecular flexibility index (Phi) is 2.87. The van der Waals surface area contributed by atoms with Gasteiger partial charge in [0.25, 0.3) is 0 Å². The molecule has 2 rings (SSSR count). The van der Waals surface area contributed by atoms with Crippen molar-refractivity contribution >= 4 is 18.7 Å². The van der Waals surface area contributed by atoms with Gasteiger partial charge in [-0.3, -0.25) is 0 Å². The largest absolute Gasteiger partial charge is 0.405 e. The Bertz CT molecular complexity index is 647. The van der Waals surface area contributed by atoms with Crippen molar-refractivity contribution in [3.05, 3.63) is 63.3 Å². The van der Waals surface area contributed by atoms with Gasteiger partial charge in [-0.1, -0.05) is 42.5 Å². The minimum atomic E-state index is -0.400. The number of H-pyrrole nitrogens is 1. The van der Waals surface area contributed by atoms with Crippen LogP contribution in [-0.4, -0.2) is 4.98 Å². The standard InChI is InChI=1S/C13H11NO2/c1-10-14-12(13(15)16-10)9-5-8-11-6-3-2-4-7-11/h2-9,14H,1H2. The molecule has 3 nitrogen and oxygen atoms in total. The Labute approximate surface area is 92.1 Å². The molecular formula is C13H11NO2. The first-order valence-electron chi connectivity index (χ1n) is 4.87. The smallest absolute Gasteiger partial charge is 0.361 e. The van der Waals surface area contributed by atoms with Gasteiger partial charge in [0, 0.05) is 0 Å². The summed E-state index contributed by atoms with van der Waals surface area (Å²) >= 11 is 0. The van der Waals surface area contributed by atoms with E-state index in [1.54, 1.807) is 12.2 Å². The molecule has 1 heterocycles. The van der Waals surface area contributed by atoms with Crippen molar-refractivity contribution in [3.8, 4) is 0 Å². The van der Waals surface area contributed by atoms with Crippen LogP contribution < -0.4 is 16.5 Å². The first-order valence-corrected chi connectivity index (χ1v) is 4.87. The zero-order chi connectivity index (χ0) is 11.4. The highest BCUT2D eigenvalue weighted by Crippen LogP contribution is 2.00. The number of allylic oxidation sites excluding steroid dienone is 1. The molecule has 3 heteroatoms. The van der Waals surface area contributed by atoms with Gasteiger partial charge in [0.05, 0.1) is 0 Å². The molecule has 0 aliphatic rings. The van der Waals surface area contributed by atoms with Crippen molar-refractivity contribution in [1.29, 1.82) is 0 Å². The summed E-state index contributed by atoms with van der Waals surface area (Å²) in [6, 6.07) is 9.83. The minimum Gasteiger partial charge on any atom is -0.405 e. The molecule has 1 aromatic heterocycles. The molecule has 0 unspecified atom stereocenters. The molecular weight excluding hydrogens is 202 g/mol. The summed E-state index contributed by atoms with van der Waals surface area (Å²) in [7, 11) is 0. The van der Waals surface area contributed by atoms with Gasteiger partial charge in [0.15, 0.2) is 5.55 Å².